The highest BCUT2D eigenvalue weighted by Crippen LogP contribution is 2.01. The van der Waals surface area contributed by atoms with Crippen LogP contribution in [0.15, 0.2) is 17.3 Å². The first-order valence-corrected chi connectivity index (χ1v) is 4.47. The predicted octanol–water partition coefficient (Wildman–Crippen LogP) is 0.110. The van der Waals surface area contributed by atoms with Crippen molar-refractivity contribution in [3.63, 3.8) is 0 Å². The Hall–Kier alpha value is -0.720. The fourth-order valence-electron chi connectivity index (χ4n) is 0.742. The van der Waals surface area contributed by atoms with Gasteiger partial charge in [-0.3, -0.25) is 4.68 Å². The van der Waals surface area contributed by atoms with Crippen LogP contribution in [0.3, 0.4) is 0 Å². The van der Waals surface area contributed by atoms with Gasteiger partial charge in [0.2, 0.25) is 0 Å². The quantitative estimate of drug-likeness (QED) is 0.684. The van der Waals surface area contributed by atoms with E-state index in [0.29, 0.717) is 18.0 Å². The summed E-state index contributed by atoms with van der Waals surface area (Å²) in [6, 6.07) is 0. The molecular weight excluding hydrogens is 180 g/mol. The molecule has 1 aromatic rings. The molecule has 1 N–H and O–H groups in total. The summed E-state index contributed by atoms with van der Waals surface area (Å²) in [6.45, 7) is 1.13. The van der Waals surface area contributed by atoms with Crippen molar-refractivity contribution in [3.05, 3.63) is 12.4 Å². The molecule has 1 unspecified atom stereocenters. The summed E-state index contributed by atoms with van der Waals surface area (Å²) >= 11 is -1.94. The average molecular weight is 190 g/mol. The summed E-state index contributed by atoms with van der Waals surface area (Å²) in [5.41, 5.74) is 0. The zero-order valence-corrected chi connectivity index (χ0v) is 7.45. The van der Waals surface area contributed by atoms with E-state index >= 15 is 0 Å². The lowest BCUT2D eigenvalue weighted by atomic mass is 10.7. The van der Waals surface area contributed by atoms with Crippen molar-refractivity contribution in [2.45, 2.75) is 11.4 Å². The van der Waals surface area contributed by atoms with Gasteiger partial charge in [-0.2, -0.15) is 5.10 Å². The molecule has 0 spiro atoms. The summed E-state index contributed by atoms with van der Waals surface area (Å²) in [7, 11) is 1.59. The minimum absolute atomic E-state index is 0.311. The maximum Gasteiger partial charge on any atom is 0.189 e. The third-order valence-electron chi connectivity index (χ3n) is 1.34. The zero-order valence-electron chi connectivity index (χ0n) is 6.64. The highest BCUT2D eigenvalue weighted by atomic mass is 32.2. The van der Waals surface area contributed by atoms with Crippen LogP contribution in [0.5, 0.6) is 0 Å². The maximum atomic E-state index is 10.5. The number of hydrogen-bond acceptors (Lipinski definition) is 3. The second-order valence-corrected chi connectivity index (χ2v) is 3.15. The number of hydrogen-bond donors (Lipinski definition) is 1. The van der Waals surface area contributed by atoms with Gasteiger partial charge in [0, 0.05) is 13.3 Å². The van der Waals surface area contributed by atoms with Crippen molar-refractivity contribution in [3.8, 4) is 0 Å². The van der Waals surface area contributed by atoms with Crippen molar-refractivity contribution in [1.82, 2.24) is 9.78 Å². The highest BCUT2D eigenvalue weighted by Gasteiger charge is 2.02. The lowest BCUT2D eigenvalue weighted by Crippen LogP contribution is -2.03. The Morgan fingerprint density at radius 1 is 1.83 bits per heavy atom. The van der Waals surface area contributed by atoms with Crippen LogP contribution in [-0.4, -0.2) is 32.3 Å². The number of nitrogens with zero attached hydrogens (tertiary/aromatic N) is 2. The average Bonchev–Trinajstić information content (AvgIpc) is 2.48. The first-order chi connectivity index (χ1) is 5.74. The normalized spacial score (nSPS) is 13.2. The van der Waals surface area contributed by atoms with Gasteiger partial charge in [0.05, 0.1) is 19.3 Å². The topological polar surface area (TPSA) is 64.3 Å². The summed E-state index contributed by atoms with van der Waals surface area (Å²) < 4.78 is 25.5. The van der Waals surface area contributed by atoms with Gasteiger partial charge in [0.1, 0.15) is 4.90 Å². The third kappa shape index (κ3) is 2.40. The Labute approximate surface area is 72.6 Å². The molecule has 0 aliphatic heterocycles. The summed E-state index contributed by atoms with van der Waals surface area (Å²) in [5.74, 6) is 0. The molecule has 0 amide bonds. The van der Waals surface area contributed by atoms with Crippen molar-refractivity contribution >= 4 is 11.1 Å². The molecule has 0 saturated carbocycles. The smallest absolute Gasteiger partial charge is 0.189 e. The molecule has 6 heteroatoms. The second-order valence-electron chi connectivity index (χ2n) is 2.18. The maximum absolute atomic E-state index is 10.5. The van der Waals surface area contributed by atoms with E-state index in [0.717, 1.165) is 0 Å². The Morgan fingerprint density at radius 3 is 3.08 bits per heavy atom. The number of methoxy groups -OCH3 is 1. The Morgan fingerprint density at radius 2 is 2.58 bits per heavy atom. The van der Waals surface area contributed by atoms with E-state index in [1.807, 2.05) is 0 Å². The lowest BCUT2D eigenvalue weighted by molar-refractivity contribution is 0.183. The molecule has 0 fully saturated rings. The molecule has 68 valence electrons. The van der Waals surface area contributed by atoms with Crippen molar-refractivity contribution in [1.29, 1.82) is 0 Å². The molecule has 1 heterocycles. The Bertz CT molecular complexity index is 274. The Balaban J connectivity index is 2.58. The molecule has 1 rings (SSSR count). The van der Waals surface area contributed by atoms with Crippen LogP contribution in [0.2, 0.25) is 0 Å². The summed E-state index contributed by atoms with van der Waals surface area (Å²) in [4.78, 5) is 0.311. The van der Waals surface area contributed by atoms with Crippen molar-refractivity contribution < 1.29 is 13.5 Å². The zero-order chi connectivity index (χ0) is 8.97. The first kappa shape index (κ1) is 9.37. The van der Waals surface area contributed by atoms with E-state index in [2.05, 4.69) is 5.10 Å². The molecule has 1 atom stereocenters. The van der Waals surface area contributed by atoms with Crippen LogP contribution in [0.4, 0.5) is 0 Å². The van der Waals surface area contributed by atoms with E-state index in [9.17, 15) is 4.21 Å². The Kier molecular flexibility index (Phi) is 3.39. The van der Waals surface area contributed by atoms with Gasteiger partial charge in [-0.05, 0) is 0 Å². The van der Waals surface area contributed by atoms with Crippen molar-refractivity contribution in [2.75, 3.05) is 13.7 Å². The van der Waals surface area contributed by atoms with Gasteiger partial charge in [-0.1, -0.05) is 0 Å². The van der Waals surface area contributed by atoms with Gasteiger partial charge < -0.3 is 9.29 Å². The largest absolute Gasteiger partial charge is 0.383 e. The molecule has 12 heavy (non-hydrogen) atoms. The van der Waals surface area contributed by atoms with Crippen LogP contribution in [0.25, 0.3) is 0 Å². The monoisotopic (exact) mass is 190 g/mol. The summed E-state index contributed by atoms with van der Waals surface area (Å²) in [6.07, 6.45) is 2.89. The van der Waals surface area contributed by atoms with Gasteiger partial charge >= 0.3 is 0 Å². The van der Waals surface area contributed by atoms with Gasteiger partial charge in [-0.15, -0.1) is 0 Å². The van der Waals surface area contributed by atoms with Crippen LogP contribution < -0.4 is 0 Å². The molecular formula is C6H10N2O3S. The van der Waals surface area contributed by atoms with E-state index in [4.69, 9.17) is 9.29 Å². The highest BCUT2D eigenvalue weighted by molar-refractivity contribution is 7.79. The molecule has 0 saturated heterocycles. The molecule has 0 aliphatic carbocycles. The van der Waals surface area contributed by atoms with Crippen LogP contribution in [0.1, 0.15) is 0 Å². The predicted molar refractivity (Wildman–Crippen MR) is 43.1 cm³/mol. The molecule has 0 aliphatic rings. The second kappa shape index (κ2) is 4.34. The first-order valence-electron chi connectivity index (χ1n) is 3.36. The van der Waals surface area contributed by atoms with Gasteiger partial charge in [0.15, 0.2) is 11.1 Å². The van der Waals surface area contributed by atoms with Gasteiger partial charge in [0.25, 0.3) is 0 Å². The fourth-order valence-corrected chi connectivity index (χ4v) is 1.09. The van der Waals surface area contributed by atoms with Crippen LogP contribution in [-0.2, 0) is 22.4 Å². The van der Waals surface area contributed by atoms with E-state index in [1.165, 1.54) is 12.4 Å². The number of rotatable bonds is 4. The molecule has 0 bridgehead atoms. The van der Waals surface area contributed by atoms with Gasteiger partial charge in [-0.25, -0.2) is 4.21 Å². The molecule has 5 nitrogen and oxygen atoms in total. The van der Waals surface area contributed by atoms with E-state index < -0.39 is 11.1 Å². The van der Waals surface area contributed by atoms with Crippen molar-refractivity contribution in [2.24, 2.45) is 0 Å². The van der Waals surface area contributed by atoms with E-state index in [1.54, 1.807) is 11.8 Å². The van der Waals surface area contributed by atoms with Crippen LogP contribution in [0, 0.1) is 0 Å². The minimum atomic E-state index is -1.94. The third-order valence-corrected chi connectivity index (χ3v) is 1.95. The van der Waals surface area contributed by atoms with E-state index in [-0.39, 0.29) is 0 Å². The molecule has 0 aromatic carbocycles. The lowest BCUT2D eigenvalue weighted by Gasteiger charge is -1.97. The molecule has 1 aromatic heterocycles. The SMILES string of the molecule is COCCn1cc(S(=O)O)cn1. The standard InChI is InChI=1S/C6H10N2O3S/c1-11-3-2-8-5-6(4-7-8)12(9)10/h4-5H,2-3H2,1H3,(H,9,10). The van der Waals surface area contributed by atoms with Crippen LogP contribution >= 0.6 is 0 Å². The minimum Gasteiger partial charge on any atom is -0.383 e. The number of ether oxygens (including phenoxy) is 1. The number of aromatic nitrogens is 2. The summed E-state index contributed by atoms with van der Waals surface area (Å²) in [5, 5.41) is 3.86. The molecule has 0 radical (unpaired) electrons. The fraction of sp³-hybridized carbons (Fsp3) is 0.500.